The topological polar surface area (TPSA) is 111 Å². The predicted molar refractivity (Wildman–Crippen MR) is 138 cm³/mol. The van der Waals surface area contributed by atoms with Crippen LogP contribution in [0.2, 0.25) is 0 Å². The molecule has 37 heavy (non-hydrogen) atoms. The quantitative estimate of drug-likeness (QED) is 0.490. The van der Waals surface area contributed by atoms with Gasteiger partial charge < -0.3 is 15.0 Å². The number of sulfonamides is 1. The van der Waals surface area contributed by atoms with Crippen LogP contribution in [0.3, 0.4) is 0 Å². The van der Waals surface area contributed by atoms with Crippen LogP contribution in [0.1, 0.15) is 29.5 Å². The fourth-order valence-electron chi connectivity index (χ4n) is 4.47. The van der Waals surface area contributed by atoms with E-state index in [1.54, 1.807) is 36.5 Å². The van der Waals surface area contributed by atoms with Crippen molar-refractivity contribution in [1.29, 1.82) is 5.26 Å². The van der Waals surface area contributed by atoms with Crippen molar-refractivity contribution in [3.8, 4) is 17.7 Å². The standard InChI is InChI=1S/C26H27FN6O3S/c1-17-13-19(16-28)14-18(2)25(17)36-24-7-8-29-26(31-24)30-20-3-6-23(22(27)15-20)32-9-11-33(12-10-32)37(34,35)21-4-5-21/h3,6-8,13-15,21H,4-5,9-12H2,1-2H3,(H,29,30,31). The Morgan fingerprint density at radius 2 is 1.78 bits per heavy atom. The fraction of sp³-hybridized carbons (Fsp3) is 0.346. The highest BCUT2D eigenvalue weighted by Crippen LogP contribution is 2.33. The molecule has 2 fully saturated rings. The molecule has 2 aromatic carbocycles. The Morgan fingerprint density at radius 1 is 1.08 bits per heavy atom. The van der Waals surface area contributed by atoms with Gasteiger partial charge in [-0.2, -0.15) is 14.6 Å². The third-order valence-corrected chi connectivity index (χ3v) is 8.91. The summed E-state index contributed by atoms with van der Waals surface area (Å²) in [6, 6.07) is 12.0. The van der Waals surface area contributed by atoms with Crippen LogP contribution in [0.15, 0.2) is 42.6 Å². The van der Waals surface area contributed by atoms with Crippen LogP contribution in [0, 0.1) is 31.0 Å². The van der Waals surface area contributed by atoms with E-state index in [1.165, 1.54) is 10.4 Å². The van der Waals surface area contributed by atoms with Crippen molar-refractivity contribution in [2.24, 2.45) is 0 Å². The summed E-state index contributed by atoms with van der Waals surface area (Å²) < 4.78 is 47.4. The molecule has 1 aliphatic heterocycles. The van der Waals surface area contributed by atoms with Crippen molar-refractivity contribution in [2.45, 2.75) is 31.9 Å². The molecule has 2 aliphatic rings. The molecular weight excluding hydrogens is 495 g/mol. The number of piperazine rings is 1. The maximum absolute atomic E-state index is 15.0. The molecule has 0 atom stereocenters. The Labute approximate surface area is 215 Å². The summed E-state index contributed by atoms with van der Waals surface area (Å²) in [4.78, 5) is 10.4. The molecular formula is C26H27FN6O3S. The maximum Gasteiger partial charge on any atom is 0.230 e. The van der Waals surface area contributed by atoms with Crippen molar-refractivity contribution in [2.75, 3.05) is 36.4 Å². The molecule has 11 heteroatoms. The summed E-state index contributed by atoms with van der Waals surface area (Å²) in [5.41, 5.74) is 3.09. The fourth-order valence-corrected chi connectivity index (χ4v) is 6.30. The summed E-state index contributed by atoms with van der Waals surface area (Å²) in [5, 5.41) is 11.9. The van der Waals surface area contributed by atoms with E-state index in [1.807, 2.05) is 18.7 Å². The summed E-state index contributed by atoms with van der Waals surface area (Å²) >= 11 is 0. The maximum atomic E-state index is 15.0. The van der Waals surface area contributed by atoms with Gasteiger partial charge in [0.2, 0.25) is 21.9 Å². The Hall–Kier alpha value is -3.75. The van der Waals surface area contributed by atoms with E-state index in [-0.39, 0.29) is 11.2 Å². The van der Waals surface area contributed by atoms with E-state index >= 15 is 4.39 Å². The van der Waals surface area contributed by atoms with Gasteiger partial charge in [-0.25, -0.2) is 17.8 Å². The van der Waals surface area contributed by atoms with E-state index in [0.29, 0.717) is 54.7 Å². The molecule has 2 heterocycles. The number of anilines is 3. The lowest BCUT2D eigenvalue weighted by Crippen LogP contribution is -2.49. The molecule has 9 nitrogen and oxygen atoms in total. The number of ether oxygens (including phenoxy) is 1. The van der Waals surface area contributed by atoms with Gasteiger partial charge in [0.05, 0.1) is 22.6 Å². The zero-order chi connectivity index (χ0) is 26.2. The molecule has 1 aliphatic carbocycles. The van der Waals surface area contributed by atoms with Crippen LogP contribution >= 0.6 is 0 Å². The van der Waals surface area contributed by atoms with E-state index in [9.17, 15) is 8.42 Å². The average molecular weight is 523 g/mol. The molecule has 0 bridgehead atoms. The second kappa shape index (κ2) is 9.95. The first kappa shape index (κ1) is 24.9. The average Bonchev–Trinajstić information content (AvgIpc) is 3.73. The van der Waals surface area contributed by atoms with Gasteiger partial charge in [0, 0.05) is 44.1 Å². The molecule has 192 valence electrons. The van der Waals surface area contributed by atoms with Crippen molar-refractivity contribution in [1.82, 2.24) is 14.3 Å². The number of hydrogen-bond acceptors (Lipinski definition) is 8. The molecule has 0 radical (unpaired) electrons. The van der Waals surface area contributed by atoms with Crippen LogP contribution in [0.4, 0.5) is 21.7 Å². The third-order valence-electron chi connectivity index (χ3n) is 6.51. The van der Waals surface area contributed by atoms with Crippen molar-refractivity contribution < 1.29 is 17.5 Å². The molecule has 1 N–H and O–H groups in total. The number of nitrogens with one attached hydrogen (secondary N) is 1. The molecule has 0 unspecified atom stereocenters. The monoisotopic (exact) mass is 522 g/mol. The Kier molecular flexibility index (Phi) is 6.70. The first-order valence-corrected chi connectivity index (χ1v) is 13.6. The van der Waals surface area contributed by atoms with Crippen molar-refractivity contribution in [3.05, 3.63) is 65.1 Å². The first-order chi connectivity index (χ1) is 17.7. The number of hydrogen-bond donors (Lipinski definition) is 1. The minimum Gasteiger partial charge on any atom is -0.438 e. The van der Waals surface area contributed by atoms with Crippen LogP contribution in [-0.4, -0.2) is 54.1 Å². The summed E-state index contributed by atoms with van der Waals surface area (Å²) in [6.45, 7) is 5.31. The van der Waals surface area contributed by atoms with Gasteiger partial charge in [0.25, 0.3) is 0 Å². The number of nitrogens with zero attached hydrogens (tertiary/aromatic N) is 5. The molecule has 0 spiro atoms. The van der Waals surface area contributed by atoms with E-state index in [2.05, 4.69) is 21.4 Å². The lowest BCUT2D eigenvalue weighted by molar-refractivity contribution is 0.382. The summed E-state index contributed by atoms with van der Waals surface area (Å²) in [6.07, 6.45) is 3.01. The van der Waals surface area contributed by atoms with Gasteiger partial charge in [-0.05, 0) is 68.1 Å². The number of rotatable bonds is 7. The van der Waals surface area contributed by atoms with Crippen LogP contribution in [-0.2, 0) is 10.0 Å². The largest absolute Gasteiger partial charge is 0.438 e. The van der Waals surface area contributed by atoms with Crippen molar-refractivity contribution >= 4 is 27.3 Å². The van der Waals surface area contributed by atoms with Crippen LogP contribution in [0.5, 0.6) is 11.6 Å². The van der Waals surface area contributed by atoms with Crippen molar-refractivity contribution in [3.63, 3.8) is 0 Å². The number of benzene rings is 2. The smallest absolute Gasteiger partial charge is 0.230 e. The lowest BCUT2D eigenvalue weighted by Gasteiger charge is -2.35. The van der Waals surface area contributed by atoms with Gasteiger partial charge in [0.15, 0.2) is 0 Å². The number of aryl methyl sites for hydroxylation is 2. The van der Waals surface area contributed by atoms with Crippen LogP contribution in [0.25, 0.3) is 0 Å². The highest BCUT2D eigenvalue weighted by molar-refractivity contribution is 7.90. The first-order valence-electron chi connectivity index (χ1n) is 12.1. The molecule has 1 saturated heterocycles. The number of nitriles is 1. The minimum atomic E-state index is -3.21. The predicted octanol–water partition coefficient (Wildman–Crippen LogP) is 4.25. The molecule has 0 amide bonds. The third kappa shape index (κ3) is 5.35. The second-order valence-electron chi connectivity index (χ2n) is 9.29. The molecule has 1 saturated carbocycles. The molecule has 3 aromatic rings. The van der Waals surface area contributed by atoms with E-state index in [0.717, 1.165) is 24.0 Å². The van der Waals surface area contributed by atoms with Crippen LogP contribution < -0.4 is 15.0 Å². The Bertz CT molecular complexity index is 1450. The number of aromatic nitrogens is 2. The SMILES string of the molecule is Cc1cc(C#N)cc(C)c1Oc1ccnc(Nc2ccc(N3CCN(S(=O)(=O)C4CC4)CC3)c(F)c2)n1. The summed E-state index contributed by atoms with van der Waals surface area (Å²) in [7, 11) is -3.21. The highest BCUT2D eigenvalue weighted by atomic mass is 32.2. The lowest BCUT2D eigenvalue weighted by atomic mass is 10.1. The minimum absolute atomic E-state index is 0.232. The molecule has 1 aromatic heterocycles. The summed E-state index contributed by atoms with van der Waals surface area (Å²) in [5.74, 6) is 0.751. The van der Waals surface area contributed by atoms with Gasteiger partial charge in [-0.15, -0.1) is 0 Å². The Morgan fingerprint density at radius 3 is 2.41 bits per heavy atom. The van der Waals surface area contributed by atoms with E-state index in [4.69, 9.17) is 10.00 Å². The van der Waals surface area contributed by atoms with E-state index < -0.39 is 15.8 Å². The normalized spacial score (nSPS) is 16.3. The van der Waals surface area contributed by atoms with Gasteiger partial charge in [-0.1, -0.05) is 0 Å². The zero-order valence-corrected chi connectivity index (χ0v) is 21.4. The molecule has 5 rings (SSSR count). The van der Waals surface area contributed by atoms with Gasteiger partial charge in [-0.3, -0.25) is 0 Å². The van der Waals surface area contributed by atoms with Gasteiger partial charge in [0.1, 0.15) is 11.6 Å². The highest BCUT2D eigenvalue weighted by Gasteiger charge is 2.41. The number of halogens is 1. The second-order valence-corrected chi connectivity index (χ2v) is 11.5. The van der Waals surface area contributed by atoms with Gasteiger partial charge >= 0.3 is 0 Å². The zero-order valence-electron chi connectivity index (χ0n) is 20.6. The Balaban J connectivity index is 1.25.